The quantitative estimate of drug-likeness (QED) is 0.729. The van der Waals surface area contributed by atoms with Gasteiger partial charge in [0, 0.05) is 11.3 Å². The van der Waals surface area contributed by atoms with Gasteiger partial charge in [-0.15, -0.1) is 0 Å². The lowest BCUT2D eigenvalue weighted by Gasteiger charge is -2.23. The molecule has 3 rings (SSSR count). The Bertz CT molecular complexity index is 1020. The Morgan fingerprint density at radius 1 is 1.03 bits per heavy atom. The normalized spacial score (nSPS) is 14.0. The Kier molecular flexibility index (Phi) is 6.37. The summed E-state index contributed by atoms with van der Waals surface area (Å²) in [4.78, 5) is 12.3. The first-order valence-corrected chi connectivity index (χ1v) is 11.6. The van der Waals surface area contributed by atoms with Gasteiger partial charge in [-0.05, 0) is 80.5 Å². The van der Waals surface area contributed by atoms with E-state index in [1.807, 2.05) is 32.0 Å². The van der Waals surface area contributed by atoms with E-state index in [2.05, 4.69) is 10.5 Å². The molecule has 0 heterocycles. The fourth-order valence-electron chi connectivity index (χ4n) is 3.30. The van der Waals surface area contributed by atoms with Crippen LogP contribution in [0.1, 0.15) is 52.7 Å². The highest BCUT2D eigenvalue weighted by Gasteiger charge is 2.19. The van der Waals surface area contributed by atoms with Gasteiger partial charge in [0.15, 0.2) is 0 Å². The van der Waals surface area contributed by atoms with Gasteiger partial charge in [-0.3, -0.25) is 9.10 Å². The van der Waals surface area contributed by atoms with Gasteiger partial charge in [-0.2, -0.15) is 5.10 Å². The zero-order valence-corrected chi connectivity index (χ0v) is 17.9. The molecule has 1 saturated carbocycles. The van der Waals surface area contributed by atoms with Crippen LogP contribution >= 0.6 is 0 Å². The molecule has 0 aliphatic heterocycles. The fourth-order valence-corrected chi connectivity index (χ4v) is 4.18. The molecule has 1 fully saturated rings. The third kappa shape index (κ3) is 5.44. The van der Waals surface area contributed by atoms with Crippen LogP contribution in [-0.2, 0) is 16.6 Å². The van der Waals surface area contributed by atoms with Crippen molar-refractivity contribution in [2.75, 3.05) is 10.6 Å². The lowest BCUT2D eigenvalue weighted by Crippen LogP contribution is -2.29. The first kappa shape index (κ1) is 21.0. The molecule has 0 saturated heterocycles. The lowest BCUT2D eigenvalue weighted by molar-refractivity contribution is 0.0954. The third-order valence-corrected chi connectivity index (χ3v) is 6.36. The molecule has 1 aliphatic carbocycles. The number of carbonyl (C=O) groups excluding carboxylic acids is 1. The number of sulfonamides is 1. The molecule has 0 atom stereocenters. The Morgan fingerprint density at radius 2 is 1.69 bits per heavy atom. The van der Waals surface area contributed by atoms with Crippen LogP contribution in [0.5, 0.6) is 0 Å². The molecule has 7 heteroatoms. The van der Waals surface area contributed by atoms with E-state index in [-0.39, 0.29) is 12.5 Å². The van der Waals surface area contributed by atoms with Crippen molar-refractivity contribution in [2.45, 2.75) is 46.1 Å². The van der Waals surface area contributed by atoms with Crippen LogP contribution in [0.3, 0.4) is 0 Å². The molecule has 0 spiro atoms. The third-order valence-electron chi connectivity index (χ3n) is 5.22. The van der Waals surface area contributed by atoms with E-state index in [4.69, 9.17) is 0 Å². The van der Waals surface area contributed by atoms with Gasteiger partial charge in [-0.1, -0.05) is 18.2 Å². The largest absolute Gasteiger partial charge is 0.271 e. The number of aryl methyl sites for hydroxylation is 2. The number of nitrogens with one attached hydrogen (secondary N) is 1. The molecule has 1 amide bonds. The van der Waals surface area contributed by atoms with Crippen LogP contribution in [-0.4, -0.2) is 26.3 Å². The number of rotatable bonds is 6. The molecule has 29 heavy (non-hydrogen) atoms. The molecule has 0 radical (unpaired) electrons. The van der Waals surface area contributed by atoms with Crippen molar-refractivity contribution in [3.63, 3.8) is 0 Å². The molecule has 2 aromatic carbocycles. The molecule has 6 nitrogen and oxygen atoms in total. The molecular formula is C22H27N3O3S. The van der Waals surface area contributed by atoms with Crippen molar-refractivity contribution in [2.24, 2.45) is 5.10 Å². The smallest absolute Gasteiger partial charge is 0.267 e. The number of hydrogen-bond donors (Lipinski definition) is 1. The van der Waals surface area contributed by atoms with Crippen molar-refractivity contribution >= 4 is 27.3 Å². The van der Waals surface area contributed by atoms with Gasteiger partial charge in [0.25, 0.3) is 5.91 Å². The summed E-state index contributed by atoms with van der Waals surface area (Å²) < 4.78 is 26.1. The number of carbonyl (C=O) groups is 1. The number of nitrogens with zero attached hydrogens (tertiary/aromatic N) is 2. The minimum absolute atomic E-state index is 0.200. The van der Waals surface area contributed by atoms with Gasteiger partial charge < -0.3 is 0 Å². The van der Waals surface area contributed by atoms with Crippen LogP contribution in [0.25, 0.3) is 0 Å². The van der Waals surface area contributed by atoms with Gasteiger partial charge in [0.2, 0.25) is 10.0 Å². The maximum atomic E-state index is 12.4. The molecule has 0 aromatic heterocycles. The second-order valence-corrected chi connectivity index (χ2v) is 9.47. The highest BCUT2D eigenvalue weighted by atomic mass is 32.2. The predicted octanol–water partition coefficient (Wildman–Crippen LogP) is 3.93. The van der Waals surface area contributed by atoms with Crippen LogP contribution in [0.2, 0.25) is 0 Å². The van der Waals surface area contributed by atoms with Gasteiger partial charge >= 0.3 is 0 Å². The first-order chi connectivity index (χ1) is 13.7. The van der Waals surface area contributed by atoms with Crippen molar-refractivity contribution in [3.05, 3.63) is 64.7 Å². The van der Waals surface area contributed by atoms with E-state index in [1.165, 1.54) is 10.6 Å². The molecule has 0 bridgehead atoms. The summed E-state index contributed by atoms with van der Waals surface area (Å²) in [6.07, 6.45) is 5.34. The molecule has 1 N–H and O–H groups in total. The average Bonchev–Trinajstić information content (AvgIpc) is 3.20. The highest BCUT2D eigenvalue weighted by Crippen LogP contribution is 2.23. The molecular weight excluding hydrogens is 386 g/mol. The van der Waals surface area contributed by atoms with E-state index in [9.17, 15) is 13.2 Å². The van der Waals surface area contributed by atoms with Crippen molar-refractivity contribution < 1.29 is 13.2 Å². The van der Waals surface area contributed by atoms with Crippen LogP contribution in [0.4, 0.5) is 5.69 Å². The predicted molar refractivity (Wildman–Crippen MR) is 117 cm³/mol. The summed E-state index contributed by atoms with van der Waals surface area (Å²) in [5.74, 6) is -0.259. The zero-order valence-electron chi connectivity index (χ0n) is 17.1. The summed E-state index contributed by atoms with van der Waals surface area (Å²) in [6, 6.07) is 12.5. The fraction of sp³-hybridized carbons (Fsp3) is 0.364. The zero-order chi connectivity index (χ0) is 21.0. The van der Waals surface area contributed by atoms with E-state index in [0.717, 1.165) is 48.1 Å². The number of hydrogen-bond acceptors (Lipinski definition) is 4. The standard InChI is InChI=1S/C22H27N3O3S/c1-16-8-13-21(14-17(16)2)25(29(3,27)28)15-18-9-11-19(12-10-18)22(26)24-23-20-6-4-5-7-20/h8-14H,4-7,15H2,1-3H3,(H,24,26). The SMILES string of the molecule is Cc1ccc(N(Cc2ccc(C(=O)NN=C3CCCC3)cc2)S(C)(=O)=O)cc1C. The van der Waals surface area contributed by atoms with Crippen molar-refractivity contribution in [3.8, 4) is 0 Å². The Labute approximate surface area is 172 Å². The van der Waals surface area contributed by atoms with Gasteiger partial charge in [0.05, 0.1) is 18.5 Å². The minimum Gasteiger partial charge on any atom is -0.267 e. The first-order valence-electron chi connectivity index (χ1n) is 9.74. The van der Waals surface area contributed by atoms with Gasteiger partial charge in [0.1, 0.15) is 0 Å². The lowest BCUT2D eigenvalue weighted by atomic mass is 10.1. The highest BCUT2D eigenvalue weighted by molar-refractivity contribution is 7.92. The van der Waals surface area contributed by atoms with Crippen LogP contribution in [0.15, 0.2) is 47.6 Å². The Hall–Kier alpha value is -2.67. The summed E-state index contributed by atoms with van der Waals surface area (Å²) in [7, 11) is -3.45. The number of hydrazone groups is 1. The minimum atomic E-state index is -3.45. The van der Waals surface area contributed by atoms with E-state index < -0.39 is 10.0 Å². The van der Waals surface area contributed by atoms with E-state index in [1.54, 1.807) is 24.3 Å². The van der Waals surface area contributed by atoms with Crippen LogP contribution < -0.4 is 9.73 Å². The van der Waals surface area contributed by atoms with Crippen molar-refractivity contribution in [1.29, 1.82) is 0 Å². The van der Waals surface area contributed by atoms with Crippen molar-refractivity contribution in [1.82, 2.24) is 5.43 Å². The van der Waals surface area contributed by atoms with E-state index in [0.29, 0.717) is 11.3 Å². The number of anilines is 1. The average molecular weight is 414 g/mol. The summed E-state index contributed by atoms with van der Waals surface area (Å²) in [5, 5.41) is 4.19. The maximum Gasteiger partial charge on any atom is 0.271 e. The molecule has 154 valence electrons. The maximum absolute atomic E-state index is 12.4. The summed E-state index contributed by atoms with van der Waals surface area (Å²) >= 11 is 0. The van der Waals surface area contributed by atoms with Crippen LogP contribution in [0, 0.1) is 13.8 Å². The molecule has 0 unspecified atom stereocenters. The Balaban J connectivity index is 1.74. The Morgan fingerprint density at radius 3 is 2.28 bits per heavy atom. The summed E-state index contributed by atoms with van der Waals surface area (Å²) in [5.41, 5.74) is 7.71. The summed E-state index contributed by atoms with van der Waals surface area (Å²) in [6.45, 7) is 4.15. The number of benzene rings is 2. The topological polar surface area (TPSA) is 78.8 Å². The molecule has 1 aliphatic rings. The molecule has 2 aromatic rings. The number of amides is 1. The van der Waals surface area contributed by atoms with Gasteiger partial charge in [-0.25, -0.2) is 13.8 Å². The second kappa shape index (κ2) is 8.78. The second-order valence-electron chi connectivity index (χ2n) is 7.56. The van der Waals surface area contributed by atoms with E-state index >= 15 is 0 Å². The monoisotopic (exact) mass is 413 g/mol.